The number of hydrogen-bond acceptors (Lipinski definition) is 15. The molecule has 3 aromatic carbocycles. The van der Waals surface area contributed by atoms with E-state index in [4.69, 9.17) is 34.4 Å². The average Bonchev–Trinajstić information content (AvgIpc) is 4.15. The average molecular weight is 975 g/mol. The first kappa shape index (κ1) is 45.2. The van der Waals surface area contributed by atoms with Crippen LogP contribution in [0, 0.1) is 15.5 Å². The van der Waals surface area contributed by atoms with E-state index in [9.17, 15) is 14.9 Å². The summed E-state index contributed by atoms with van der Waals surface area (Å²) in [6.45, 7) is 8.17. The second-order valence-corrected chi connectivity index (χ2v) is 22.3. The van der Waals surface area contributed by atoms with E-state index in [1.54, 1.807) is 23.2 Å². The maximum atomic E-state index is 16.1. The Hall–Kier alpha value is -5.99. The molecule has 4 saturated heterocycles. The minimum Gasteiger partial charge on any atom is -0.489 e. The molecule has 0 bridgehead atoms. The highest BCUT2D eigenvalue weighted by Gasteiger charge is 2.51. The lowest BCUT2D eigenvalue weighted by Crippen LogP contribution is -2.55. The number of H-pyrrole nitrogens is 1. The van der Waals surface area contributed by atoms with Crippen molar-refractivity contribution in [3.8, 4) is 11.6 Å². The number of carbonyl (C=O) groups excluding carboxylic acids is 1. The number of nitro benzene ring substituents is 1. The number of nitrogens with two attached hydrogens (primary N) is 1. The molecule has 368 valence electrons. The van der Waals surface area contributed by atoms with Crippen LogP contribution in [0.5, 0.6) is 11.6 Å². The van der Waals surface area contributed by atoms with E-state index in [2.05, 4.69) is 58.2 Å². The summed E-state index contributed by atoms with van der Waals surface area (Å²) in [5.41, 5.74) is 10.1. The van der Waals surface area contributed by atoms with Gasteiger partial charge in [0.2, 0.25) is 15.7 Å². The fourth-order valence-electron chi connectivity index (χ4n) is 12.5. The van der Waals surface area contributed by atoms with Crippen molar-refractivity contribution in [3.05, 3.63) is 93.7 Å². The number of rotatable bonds is 10. The van der Waals surface area contributed by atoms with E-state index >= 15 is 8.42 Å². The van der Waals surface area contributed by atoms with Gasteiger partial charge in [-0.2, -0.15) is 4.98 Å². The number of ether oxygens (including phenoxy) is 5. The Kier molecular flexibility index (Phi) is 11.2. The van der Waals surface area contributed by atoms with Crippen LogP contribution in [-0.2, 0) is 24.0 Å². The quantitative estimate of drug-likeness (QED) is 0.0949. The molecule has 4 N–H and O–H groups in total. The number of nitrogens with zero attached hydrogens (tertiary/aromatic N) is 5. The van der Waals surface area contributed by atoms with E-state index in [1.165, 1.54) is 23.6 Å². The summed E-state index contributed by atoms with van der Waals surface area (Å²) in [5.74, 6) is -0.181. The summed E-state index contributed by atoms with van der Waals surface area (Å²) in [7, 11) is -4.79. The molecule has 19 heteroatoms. The van der Waals surface area contributed by atoms with Crippen LogP contribution < -0.4 is 30.3 Å². The van der Waals surface area contributed by atoms with Crippen molar-refractivity contribution in [1.29, 1.82) is 0 Å². The third kappa shape index (κ3) is 7.54. The highest BCUT2D eigenvalue weighted by Crippen LogP contribution is 2.56. The van der Waals surface area contributed by atoms with Crippen molar-refractivity contribution >= 4 is 55.2 Å². The Morgan fingerprint density at radius 3 is 2.54 bits per heavy atom. The first-order valence-electron chi connectivity index (χ1n) is 24.6. The molecule has 6 aliphatic heterocycles. The number of nitrogens with one attached hydrogen (secondary N) is 2. The first-order valence-corrected chi connectivity index (χ1v) is 26.1. The van der Waals surface area contributed by atoms with Gasteiger partial charge in [0.25, 0.3) is 11.6 Å². The van der Waals surface area contributed by atoms with E-state index in [1.807, 2.05) is 12.1 Å². The minimum atomic E-state index is -4.79. The van der Waals surface area contributed by atoms with Crippen molar-refractivity contribution < 1.29 is 41.8 Å². The highest BCUT2D eigenvalue weighted by molar-refractivity contribution is 7.91. The Morgan fingerprint density at radius 2 is 1.77 bits per heavy atom. The number of amides is 1. The number of hydrogen-bond donors (Lipinski definition) is 3. The van der Waals surface area contributed by atoms with Crippen LogP contribution in [-0.4, -0.2) is 124 Å². The summed E-state index contributed by atoms with van der Waals surface area (Å²) < 4.78 is 62.2. The van der Waals surface area contributed by atoms with Crippen LogP contribution in [0.1, 0.15) is 85.8 Å². The number of primary amides is 1. The van der Waals surface area contributed by atoms with Crippen LogP contribution in [0.25, 0.3) is 11.0 Å². The second-order valence-electron chi connectivity index (χ2n) is 20.4. The maximum Gasteiger partial charge on any atom is 0.297 e. The van der Waals surface area contributed by atoms with Gasteiger partial charge in [-0.05, 0) is 91.8 Å². The van der Waals surface area contributed by atoms with E-state index < -0.39 is 50.6 Å². The van der Waals surface area contributed by atoms with Crippen LogP contribution in [0.2, 0.25) is 0 Å². The number of aromatic amines is 1. The number of anilines is 4. The van der Waals surface area contributed by atoms with E-state index in [0.29, 0.717) is 61.3 Å². The normalized spacial score (nSPS) is 25.4. The molecule has 2 aromatic heterocycles. The molecular formula is C51H58N8O10S. The third-order valence-corrected chi connectivity index (χ3v) is 17.9. The zero-order valence-electron chi connectivity index (χ0n) is 39.3. The zero-order valence-corrected chi connectivity index (χ0v) is 40.1. The molecule has 1 saturated carbocycles. The number of carbonyl (C=O) groups is 1. The third-order valence-electron chi connectivity index (χ3n) is 16.1. The van der Waals surface area contributed by atoms with Gasteiger partial charge in [0.1, 0.15) is 35.0 Å². The Bertz CT molecular complexity index is 3000. The molecule has 1 aliphatic carbocycles. The van der Waals surface area contributed by atoms with Crippen molar-refractivity contribution in [2.75, 3.05) is 74.4 Å². The number of sulfone groups is 1. The predicted molar refractivity (Wildman–Crippen MR) is 260 cm³/mol. The van der Waals surface area contributed by atoms with Crippen LogP contribution >= 0.6 is 0 Å². The van der Waals surface area contributed by atoms with Gasteiger partial charge in [0.05, 0.1) is 71.9 Å². The molecule has 1 amide bonds. The second kappa shape index (κ2) is 17.4. The topological polar surface area (TPSA) is 217 Å². The molecular weight excluding hydrogens is 917 g/mol. The summed E-state index contributed by atoms with van der Waals surface area (Å²) in [6.07, 6.45) is 6.87. The van der Waals surface area contributed by atoms with Gasteiger partial charge in [-0.25, -0.2) is 8.42 Å². The van der Waals surface area contributed by atoms with Gasteiger partial charge in [-0.3, -0.25) is 19.8 Å². The lowest BCUT2D eigenvalue weighted by Gasteiger charge is -2.56. The maximum absolute atomic E-state index is 16.1. The smallest absolute Gasteiger partial charge is 0.297 e. The predicted octanol–water partition coefficient (Wildman–Crippen LogP) is 7.00. The molecule has 7 aliphatic rings. The molecule has 18 nitrogen and oxygen atoms in total. The van der Waals surface area contributed by atoms with Crippen LogP contribution in [0.4, 0.5) is 28.4 Å². The summed E-state index contributed by atoms with van der Waals surface area (Å²) >= 11 is 0. The van der Waals surface area contributed by atoms with Gasteiger partial charge in [0, 0.05) is 48.9 Å². The number of piperidine rings is 1. The van der Waals surface area contributed by atoms with Crippen LogP contribution in [0.15, 0.2) is 76.7 Å². The van der Waals surface area contributed by atoms with Gasteiger partial charge in [-0.15, -0.1) is 0 Å². The van der Waals surface area contributed by atoms with Gasteiger partial charge in [0.15, 0.2) is 11.4 Å². The minimum absolute atomic E-state index is 0.00215. The van der Waals surface area contributed by atoms with Gasteiger partial charge in [-0.1, -0.05) is 38.1 Å². The van der Waals surface area contributed by atoms with Crippen molar-refractivity contribution in [3.63, 3.8) is 0 Å². The lowest BCUT2D eigenvalue weighted by molar-refractivity contribution is -0.384. The monoisotopic (exact) mass is 974 g/mol. The van der Waals surface area contributed by atoms with Crippen molar-refractivity contribution in [2.45, 2.75) is 104 Å². The van der Waals surface area contributed by atoms with Crippen molar-refractivity contribution in [2.24, 2.45) is 11.1 Å². The SMILES string of the molecule is CC(C)c1ccccc1[C@@H]1CCCN1C1CC2(CCN(c3ccc(C(N)=O)c(N4c5cc6cc[nH]c6nc5O[C@H]5COC[C@@H]54)c3S(=O)(=O)c3cc4c(c([N+](=O)[O-])c3)N[C@H]([C@H]3COCCO3)CO4)CC2)C1. The molecule has 0 radical (unpaired) electrons. The lowest BCUT2D eigenvalue weighted by atomic mass is 9.59. The Labute approximate surface area is 405 Å². The fourth-order valence-corrected chi connectivity index (χ4v) is 14.2. The molecule has 70 heavy (non-hydrogen) atoms. The van der Waals surface area contributed by atoms with Crippen molar-refractivity contribution in [1.82, 2.24) is 14.9 Å². The number of benzene rings is 3. The van der Waals surface area contributed by atoms with Crippen LogP contribution in [0.3, 0.4) is 0 Å². The van der Waals surface area contributed by atoms with Gasteiger partial charge < -0.3 is 49.5 Å². The largest absolute Gasteiger partial charge is 0.489 e. The highest BCUT2D eigenvalue weighted by atomic mass is 32.2. The number of likely N-dealkylation sites (tertiary alicyclic amines) is 1. The molecule has 1 spiro atoms. The fraction of sp³-hybridized carbons (Fsp3) is 0.490. The van der Waals surface area contributed by atoms with E-state index in [0.717, 1.165) is 50.1 Å². The Morgan fingerprint density at radius 1 is 0.957 bits per heavy atom. The molecule has 5 atom stereocenters. The first-order chi connectivity index (χ1) is 33.9. The molecule has 5 fully saturated rings. The summed E-state index contributed by atoms with van der Waals surface area (Å²) in [6, 6.07) is 18.0. The number of nitro groups is 1. The number of fused-ring (bicyclic) bond motifs is 4. The zero-order chi connectivity index (χ0) is 48.1. The molecule has 12 rings (SSSR count). The number of aromatic nitrogens is 2. The molecule has 5 aromatic rings. The van der Waals surface area contributed by atoms with E-state index in [-0.39, 0.29) is 70.2 Å². The molecule has 8 heterocycles. The summed E-state index contributed by atoms with van der Waals surface area (Å²) in [5, 5.41) is 16.9. The standard InChI is InChI=1S/C51H58N8O10S/c1-29(2)33-6-3-4-7-34(33)37-8-5-15-57(37)31-23-51(24-31)12-16-56(17-13-51)38-10-9-35(48(52)60)46(58-40-20-30-11-14-53-49(30)55-50(40)69-44-28-66-26-41(44)58)47(38)70(63,64)32-21-39(59(61)62)45-42(22-32)68-25-36(54-45)43-27-65-18-19-67-43/h3-4,6-7,9-11,14,20-22,29,31,36-37,41,43-44,54H,5,8,12-13,15-19,23-28H2,1-2H3,(H2,52,60)(H,53,55)/t36-,37-,41-,43+,44-/m0/s1. The number of pyridine rings is 1. The van der Waals surface area contributed by atoms with Gasteiger partial charge >= 0.3 is 0 Å². The summed E-state index contributed by atoms with van der Waals surface area (Å²) in [4.78, 5) is 40.2. The Balaban J connectivity index is 0.943. The molecule has 0 unspecified atom stereocenters.